The standard InChI is InChI=1S/C20H24N2O5S/c23-19(12-27-20(24)18-11-14-5-1-4-8-17(14)21-18)22(15-6-2-3-7-15)16-9-10-28(25,26)13-16/h1,4-5,8,11,15-16,21H,2-3,6-7,9-10,12-13H2/t16-/m1/s1. The summed E-state index contributed by atoms with van der Waals surface area (Å²) in [6.45, 7) is -0.374. The second kappa shape index (κ2) is 7.58. The van der Waals surface area contributed by atoms with E-state index in [1.54, 1.807) is 11.0 Å². The highest BCUT2D eigenvalue weighted by Crippen LogP contribution is 2.29. The fourth-order valence-electron chi connectivity index (χ4n) is 4.35. The van der Waals surface area contributed by atoms with Gasteiger partial charge >= 0.3 is 5.97 Å². The highest BCUT2D eigenvalue weighted by molar-refractivity contribution is 7.91. The van der Waals surface area contributed by atoms with Crippen molar-refractivity contribution in [1.29, 1.82) is 0 Å². The monoisotopic (exact) mass is 404 g/mol. The van der Waals surface area contributed by atoms with Crippen LogP contribution in [-0.2, 0) is 19.4 Å². The fourth-order valence-corrected chi connectivity index (χ4v) is 6.06. The van der Waals surface area contributed by atoms with Crippen molar-refractivity contribution in [3.8, 4) is 0 Å². The lowest BCUT2D eigenvalue weighted by molar-refractivity contribution is -0.139. The molecule has 1 atom stereocenters. The van der Waals surface area contributed by atoms with Gasteiger partial charge in [0.2, 0.25) is 0 Å². The van der Waals surface area contributed by atoms with Crippen LogP contribution >= 0.6 is 0 Å². The molecule has 1 aliphatic heterocycles. The zero-order valence-electron chi connectivity index (χ0n) is 15.6. The topological polar surface area (TPSA) is 96.5 Å². The van der Waals surface area contributed by atoms with E-state index in [-0.39, 0.29) is 36.1 Å². The first-order valence-corrected chi connectivity index (χ1v) is 11.5. The molecule has 8 heteroatoms. The van der Waals surface area contributed by atoms with Gasteiger partial charge in [-0.15, -0.1) is 0 Å². The number of ether oxygens (including phenoxy) is 1. The van der Waals surface area contributed by atoms with E-state index < -0.39 is 15.8 Å². The second-order valence-corrected chi connectivity index (χ2v) is 9.87. The Bertz CT molecular complexity index is 958. The number of fused-ring (bicyclic) bond motifs is 1. The van der Waals surface area contributed by atoms with Gasteiger partial charge in [0.15, 0.2) is 16.4 Å². The summed E-state index contributed by atoms with van der Waals surface area (Å²) in [6, 6.07) is 8.91. The molecule has 0 unspecified atom stereocenters. The van der Waals surface area contributed by atoms with Crippen molar-refractivity contribution in [2.24, 2.45) is 0 Å². The Morgan fingerprint density at radius 3 is 2.54 bits per heavy atom. The van der Waals surface area contributed by atoms with E-state index in [1.165, 1.54) is 0 Å². The minimum absolute atomic E-state index is 0.00516. The molecule has 2 fully saturated rings. The number of nitrogens with zero attached hydrogens (tertiary/aromatic N) is 1. The van der Waals surface area contributed by atoms with Crippen LogP contribution in [0.2, 0.25) is 0 Å². The number of para-hydroxylation sites is 1. The Kier molecular flexibility index (Phi) is 5.14. The molecular formula is C20H24N2O5S. The van der Waals surface area contributed by atoms with Crippen molar-refractivity contribution in [2.45, 2.75) is 44.2 Å². The van der Waals surface area contributed by atoms with Crippen molar-refractivity contribution in [1.82, 2.24) is 9.88 Å². The Balaban J connectivity index is 1.44. The van der Waals surface area contributed by atoms with Gasteiger partial charge in [-0.05, 0) is 31.4 Å². The van der Waals surface area contributed by atoms with Crippen molar-refractivity contribution in [3.05, 3.63) is 36.0 Å². The molecule has 1 aromatic carbocycles. The van der Waals surface area contributed by atoms with E-state index in [1.807, 2.05) is 24.3 Å². The van der Waals surface area contributed by atoms with Gasteiger partial charge in [-0.1, -0.05) is 31.0 Å². The predicted octanol–water partition coefficient (Wildman–Crippen LogP) is 2.28. The lowest BCUT2D eigenvalue weighted by atomic mass is 10.1. The predicted molar refractivity (Wildman–Crippen MR) is 105 cm³/mol. The molecule has 0 bridgehead atoms. The van der Waals surface area contributed by atoms with Crippen molar-refractivity contribution in [3.63, 3.8) is 0 Å². The van der Waals surface area contributed by atoms with Crippen LogP contribution in [0.25, 0.3) is 10.9 Å². The van der Waals surface area contributed by atoms with Crippen LogP contribution in [0, 0.1) is 0 Å². The summed E-state index contributed by atoms with van der Waals surface area (Å²) in [7, 11) is -3.10. The molecule has 1 aliphatic carbocycles. The van der Waals surface area contributed by atoms with E-state index in [9.17, 15) is 18.0 Å². The number of sulfone groups is 1. The first kappa shape index (κ1) is 19.0. The number of H-pyrrole nitrogens is 1. The number of hydrogen-bond donors (Lipinski definition) is 1. The lowest BCUT2D eigenvalue weighted by Crippen LogP contribution is -2.48. The van der Waals surface area contributed by atoms with E-state index in [4.69, 9.17) is 4.74 Å². The number of carbonyl (C=O) groups is 2. The van der Waals surface area contributed by atoms with Gasteiger partial charge < -0.3 is 14.6 Å². The summed E-state index contributed by atoms with van der Waals surface area (Å²) in [6.07, 6.45) is 4.27. The molecule has 2 heterocycles. The quantitative estimate of drug-likeness (QED) is 0.771. The average molecular weight is 404 g/mol. The maximum atomic E-state index is 12.9. The molecule has 1 saturated carbocycles. The third kappa shape index (κ3) is 3.92. The molecule has 1 N–H and O–H groups in total. The molecule has 7 nitrogen and oxygen atoms in total. The maximum absolute atomic E-state index is 12.9. The smallest absolute Gasteiger partial charge is 0.355 e. The number of nitrogens with one attached hydrogen (secondary N) is 1. The molecule has 1 aromatic heterocycles. The normalized spacial score (nSPS) is 21.8. The van der Waals surface area contributed by atoms with Gasteiger partial charge in [-0.3, -0.25) is 4.79 Å². The van der Waals surface area contributed by atoms with E-state index in [0.717, 1.165) is 36.6 Å². The van der Waals surface area contributed by atoms with Gasteiger partial charge in [-0.25, -0.2) is 13.2 Å². The molecule has 1 amide bonds. The van der Waals surface area contributed by atoms with Crippen LogP contribution < -0.4 is 0 Å². The number of aromatic nitrogens is 1. The molecule has 1 saturated heterocycles. The summed E-state index contributed by atoms with van der Waals surface area (Å²) in [4.78, 5) is 29.9. The highest BCUT2D eigenvalue weighted by Gasteiger charge is 2.39. The molecule has 2 aromatic rings. The number of benzene rings is 1. The van der Waals surface area contributed by atoms with Gasteiger partial charge in [-0.2, -0.15) is 0 Å². The van der Waals surface area contributed by atoms with Crippen LogP contribution in [0.1, 0.15) is 42.6 Å². The van der Waals surface area contributed by atoms with Gasteiger partial charge in [0.1, 0.15) is 5.69 Å². The summed E-state index contributed by atoms with van der Waals surface area (Å²) in [5.41, 5.74) is 1.12. The minimum atomic E-state index is -3.10. The molecular weight excluding hydrogens is 380 g/mol. The van der Waals surface area contributed by atoms with E-state index in [0.29, 0.717) is 12.1 Å². The van der Waals surface area contributed by atoms with Crippen LogP contribution in [0.5, 0.6) is 0 Å². The number of rotatable bonds is 5. The molecule has 28 heavy (non-hydrogen) atoms. The summed E-state index contributed by atoms with van der Waals surface area (Å²) in [5.74, 6) is -0.776. The van der Waals surface area contributed by atoms with Crippen LogP contribution in [0.15, 0.2) is 30.3 Å². The first-order chi connectivity index (χ1) is 13.4. The van der Waals surface area contributed by atoms with E-state index >= 15 is 0 Å². The van der Waals surface area contributed by atoms with Crippen LogP contribution in [0.3, 0.4) is 0 Å². The Labute approximate surface area is 164 Å². The molecule has 2 aliphatic rings. The lowest BCUT2D eigenvalue weighted by Gasteiger charge is -2.33. The third-order valence-corrected chi connectivity index (χ3v) is 7.43. The number of amides is 1. The average Bonchev–Trinajstić information content (AvgIpc) is 3.39. The number of aromatic amines is 1. The highest BCUT2D eigenvalue weighted by atomic mass is 32.2. The van der Waals surface area contributed by atoms with Crippen molar-refractivity contribution in [2.75, 3.05) is 18.1 Å². The Morgan fingerprint density at radius 2 is 1.86 bits per heavy atom. The number of hydrogen-bond acceptors (Lipinski definition) is 5. The largest absolute Gasteiger partial charge is 0.451 e. The molecule has 4 rings (SSSR count). The summed E-state index contributed by atoms with van der Waals surface area (Å²) < 4.78 is 29.0. The zero-order chi connectivity index (χ0) is 19.7. The third-order valence-electron chi connectivity index (χ3n) is 5.68. The molecule has 0 radical (unpaired) electrons. The second-order valence-electron chi connectivity index (χ2n) is 7.64. The molecule has 150 valence electrons. The van der Waals surface area contributed by atoms with Gasteiger partial charge in [0.05, 0.1) is 11.5 Å². The van der Waals surface area contributed by atoms with E-state index in [2.05, 4.69) is 4.98 Å². The van der Waals surface area contributed by atoms with Gasteiger partial charge in [0.25, 0.3) is 5.91 Å². The van der Waals surface area contributed by atoms with Crippen LogP contribution in [0.4, 0.5) is 0 Å². The van der Waals surface area contributed by atoms with Gasteiger partial charge in [0, 0.05) is 23.0 Å². The zero-order valence-corrected chi connectivity index (χ0v) is 16.4. The Hall–Kier alpha value is -2.35. The summed E-state index contributed by atoms with van der Waals surface area (Å²) in [5, 5.41) is 0.893. The number of esters is 1. The first-order valence-electron chi connectivity index (χ1n) is 9.69. The molecule has 0 spiro atoms. The van der Waals surface area contributed by atoms with Crippen molar-refractivity contribution >= 4 is 32.6 Å². The fraction of sp³-hybridized carbons (Fsp3) is 0.500. The van der Waals surface area contributed by atoms with Crippen molar-refractivity contribution < 1.29 is 22.7 Å². The Morgan fingerprint density at radius 1 is 1.11 bits per heavy atom. The maximum Gasteiger partial charge on any atom is 0.355 e. The number of carbonyl (C=O) groups excluding carboxylic acids is 2. The van der Waals surface area contributed by atoms with Crippen LogP contribution in [-0.4, -0.2) is 60.4 Å². The minimum Gasteiger partial charge on any atom is -0.451 e. The SMILES string of the molecule is O=C(OCC(=O)N(C1CCCC1)[C@@H]1CCS(=O)(=O)C1)c1cc2ccccc2[nH]1. The summed E-state index contributed by atoms with van der Waals surface area (Å²) >= 11 is 0.